The van der Waals surface area contributed by atoms with Crippen molar-refractivity contribution in [3.8, 4) is 17.3 Å². The van der Waals surface area contributed by atoms with Gasteiger partial charge in [0.05, 0.1) is 23.9 Å². The van der Waals surface area contributed by atoms with E-state index in [4.69, 9.17) is 15.0 Å². The number of ether oxygens (including phenoxy) is 1. The van der Waals surface area contributed by atoms with Crippen LogP contribution < -0.4 is 10.6 Å². The van der Waals surface area contributed by atoms with Crippen LogP contribution in [0.2, 0.25) is 0 Å². The van der Waals surface area contributed by atoms with E-state index < -0.39 is 4.92 Å². The highest BCUT2D eigenvalue weighted by atomic mass is 32.2. The number of nitrogens with two attached hydrogens (primary N) is 1. The molecule has 0 saturated carbocycles. The van der Waals surface area contributed by atoms with Crippen molar-refractivity contribution in [3.05, 3.63) is 52.8 Å². The molecule has 24 heavy (non-hydrogen) atoms. The quantitative estimate of drug-likeness (QED) is 0.227. The van der Waals surface area contributed by atoms with Gasteiger partial charge in [-0.2, -0.15) is 0 Å². The summed E-state index contributed by atoms with van der Waals surface area (Å²) in [6.07, 6.45) is 1.53. The molecule has 0 amide bonds. The molecular formula is C14H13N5O4S. The van der Waals surface area contributed by atoms with Gasteiger partial charge in [-0.25, -0.2) is 4.68 Å². The van der Waals surface area contributed by atoms with Crippen molar-refractivity contribution in [1.82, 2.24) is 14.9 Å². The minimum Gasteiger partial charge on any atom is -0.492 e. The van der Waals surface area contributed by atoms with Crippen molar-refractivity contribution in [1.29, 1.82) is 0 Å². The SMILES string of the molecule is Nn1c(SCCOc2cccc([N+](=O)[O-])c2)nnc1-c1ccco1. The molecule has 0 radical (unpaired) electrons. The lowest BCUT2D eigenvalue weighted by molar-refractivity contribution is -0.384. The Morgan fingerprint density at radius 3 is 2.96 bits per heavy atom. The van der Waals surface area contributed by atoms with Gasteiger partial charge in [-0.05, 0) is 18.2 Å². The Hall–Kier alpha value is -3.01. The Morgan fingerprint density at radius 1 is 1.33 bits per heavy atom. The maximum atomic E-state index is 10.7. The molecule has 0 unspecified atom stereocenters. The first-order valence-electron chi connectivity index (χ1n) is 6.89. The molecule has 0 aliphatic heterocycles. The topological polar surface area (TPSA) is 122 Å². The van der Waals surface area contributed by atoms with Crippen LogP contribution in [0, 0.1) is 10.1 Å². The summed E-state index contributed by atoms with van der Waals surface area (Å²) in [5, 5.41) is 19.2. The summed E-state index contributed by atoms with van der Waals surface area (Å²) >= 11 is 1.36. The van der Waals surface area contributed by atoms with Crippen LogP contribution in [0.5, 0.6) is 5.75 Å². The summed E-state index contributed by atoms with van der Waals surface area (Å²) in [5.41, 5.74) is -0.00931. The van der Waals surface area contributed by atoms with Gasteiger partial charge in [0.2, 0.25) is 11.0 Å². The standard InChI is InChI=1S/C14H13N5O4S/c15-18-13(12-5-2-6-23-12)16-17-14(18)24-8-7-22-11-4-1-3-10(9-11)19(20)21/h1-6,9H,7-8,15H2. The normalized spacial score (nSPS) is 10.7. The summed E-state index contributed by atoms with van der Waals surface area (Å²) in [4.78, 5) is 10.2. The Labute approximate surface area is 140 Å². The lowest BCUT2D eigenvalue weighted by Gasteiger charge is -2.05. The van der Waals surface area contributed by atoms with E-state index in [-0.39, 0.29) is 5.69 Å². The number of hydrogen-bond donors (Lipinski definition) is 1. The van der Waals surface area contributed by atoms with Crippen LogP contribution in [-0.2, 0) is 0 Å². The van der Waals surface area contributed by atoms with Gasteiger partial charge in [-0.3, -0.25) is 10.1 Å². The first-order valence-corrected chi connectivity index (χ1v) is 7.88. The zero-order valence-corrected chi connectivity index (χ0v) is 13.2. The van der Waals surface area contributed by atoms with Crippen LogP contribution >= 0.6 is 11.8 Å². The largest absolute Gasteiger partial charge is 0.492 e. The molecule has 2 heterocycles. The van der Waals surface area contributed by atoms with Crippen LogP contribution in [0.25, 0.3) is 11.6 Å². The molecule has 10 heteroatoms. The lowest BCUT2D eigenvalue weighted by atomic mass is 10.3. The van der Waals surface area contributed by atoms with Crippen LogP contribution in [-0.4, -0.2) is 32.2 Å². The predicted octanol–water partition coefficient (Wildman–Crippen LogP) is 2.33. The van der Waals surface area contributed by atoms with Gasteiger partial charge in [0, 0.05) is 11.8 Å². The van der Waals surface area contributed by atoms with E-state index in [9.17, 15) is 10.1 Å². The zero-order chi connectivity index (χ0) is 16.9. The van der Waals surface area contributed by atoms with Crippen molar-refractivity contribution in [2.45, 2.75) is 5.16 Å². The highest BCUT2D eigenvalue weighted by molar-refractivity contribution is 7.99. The fraction of sp³-hybridized carbons (Fsp3) is 0.143. The number of non-ortho nitro benzene ring substituents is 1. The number of furan rings is 1. The third kappa shape index (κ3) is 3.49. The number of thioether (sulfide) groups is 1. The summed E-state index contributed by atoms with van der Waals surface area (Å²) in [6.45, 7) is 0.342. The van der Waals surface area contributed by atoms with Crippen molar-refractivity contribution >= 4 is 17.4 Å². The van der Waals surface area contributed by atoms with Crippen LogP contribution in [0.15, 0.2) is 52.2 Å². The number of rotatable bonds is 7. The highest BCUT2D eigenvalue weighted by Crippen LogP contribution is 2.22. The molecule has 9 nitrogen and oxygen atoms in total. The van der Waals surface area contributed by atoms with Crippen LogP contribution in [0.3, 0.4) is 0 Å². The van der Waals surface area contributed by atoms with E-state index in [1.165, 1.54) is 34.8 Å². The van der Waals surface area contributed by atoms with Crippen molar-refractivity contribution < 1.29 is 14.1 Å². The van der Waals surface area contributed by atoms with Crippen molar-refractivity contribution in [2.75, 3.05) is 18.2 Å². The number of nitro groups is 1. The Morgan fingerprint density at radius 2 is 2.21 bits per heavy atom. The molecule has 0 spiro atoms. The zero-order valence-electron chi connectivity index (χ0n) is 12.4. The lowest BCUT2D eigenvalue weighted by Crippen LogP contribution is -2.12. The Kier molecular flexibility index (Phi) is 4.66. The molecule has 3 aromatic rings. The van der Waals surface area contributed by atoms with Gasteiger partial charge in [-0.15, -0.1) is 10.2 Å². The number of nitrogens with zero attached hydrogens (tertiary/aromatic N) is 4. The second-order valence-corrected chi connectivity index (χ2v) is 5.67. The molecule has 0 saturated heterocycles. The molecular weight excluding hydrogens is 334 g/mol. The first kappa shape index (κ1) is 15.9. The first-order chi connectivity index (χ1) is 11.6. The van der Waals surface area contributed by atoms with Gasteiger partial charge in [0.15, 0.2) is 5.76 Å². The number of aromatic nitrogens is 3. The highest BCUT2D eigenvalue weighted by Gasteiger charge is 2.14. The smallest absolute Gasteiger partial charge is 0.273 e. The van der Waals surface area contributed by atoms with Gasteiger partial charge >= 0.3 is 0 Å². The van der Waals surface area contributed by atoms with Crippen LogP contribution in [0.1, 0.15) is 0 Å². The monoisotopic (exact) mass is 347 g/mol. The number of hydrogen-bond acceptors (Lipinski definition) is 8. The summed E-state index contributed by atoms with van der Waals surface area (Å²) in [5.74, 6) is 7.89. The molecule has 3 rings (SSSR count). The fourth-order valence-electron chi connectivity index (χ4n) is 1.93. The van der Waals surface area contributed by atoms with Crippen molar-refractivity contribution in [2.24, 2.45) is 0 Å². The molecule has 124 valence electrons. The molecule has 0 aliphatic carbocycles. The van der Waals surface area contributed by atoms with E-state index in [1.54, 1.807) is 24.3 Å². The van der Waals surface area contributed by atoms with Gasteiger partial charge in [-0.1, -0.05) is 17.8 Å². The molecule has 0 atom stereocenters. The summed E-state index contributed by atoms with van der Waals surface area (Å²) in [6, 6.07) is 9.52. The van der Waals surface area contributed by atoms with E-state index >= 15 is 0 Å². The summed E-state index contributed by atoms with van der Waals surface area (Å²) < 4.78 is 12.1. The maximum Gasteiger partial charge on any atom is 0.273 e. The Bertz CT molecular complexity index is 834. The molecule has 1 aromatic carbocycles. The summed E-state index contributed by atoms with van der Waals surface area (Å²) in [7, 11) is 0. The second kappa shape index (κ2) is 7.04. The third-order valence-corrected chi connectivity index (χ3v) is 3.93. The second-order valence-electron chi connectivity index (χ2n) is 4.60. The van der Waals surface area contributed by atoms with Gasteiger partial charge in [0.25, 0.3) is 5.69 Å². The average Bonchev–Trinajstić information content (AvgIpc) is 3.22. The maximum absolute atomic E-state index is 10.7. The van der Waals surface area contributed by atoms with Gasteiger partial charge in [0.1, 0.15) is 5.75 Å². The Balaban J connectivity index is 1.54. The molecule has 0 fully saturated rings. The predicted molar refractivity (Wildman–Crippen MR) is 87.2 cm³/mol. The van der Waals surface area contributed by atoms with E-state index in [0.717, 1.165) is 0 Å². The number of nitrogen functional groups attached to an aromatic ring is 1. The van der Waals surface area contributed by atoms with E-state index in [1.807, 2.05) is 0 Å². The average molecular weight is 347 g/mol. The van der Waals surface area contributed by atoms with Gasteiger partial charge < -0.3 is 15.0 Å². The molecule has 2 N–H and O–H groups in total. The minimum atomic E-state index is -0.464. The van der Waals surface area contributed by atoms with Crippen LogP contribution in [0.4, 0.5) is 5.69 Å². The molecule has 2 aromatic heterocycles. The van der Waals surface area contributed by atoms with Crippen molar-refractivity contribution in [3.63, 3.8) is 0 Å². The number of benzene rings is 1. The molecule has 0 aliphatic rings. The van der Waals surface area contributed by atoms with E-state index in [0.29, 0.717) is 34.9 Å². The fourth-order valence-corrected chi connectivity index (χ4v) is 2.60. The molecule has 0 bridgehead atoms. The minimum absolute atomic E-state index is 0.00931. The van der Waals surface area contributed by atoms with E-state index in [2.05, 4.69) is 10.2 Å². The number of nitro benzene ring substituents is 1. The third-order valence-electron chi connectivity index (χ3n) is 3.02.